The largest absolute Gasteiger partial charge is 0.207 e. The molecule has 0 saturated carbocycles. The van der Waals surface area contributed by atoms with Crippen LogP contribution in [0.1, 0.15) is 5.56 Å². The van der Waals surface area contributed by atoms with Crippen molar-refractivity contribution >= 4 is 26.2 Å². The highest BCUT2D eigenvalue weighted by Crippen LogP contribution is 2.19. The number of rotatable bonds is 1. The zero-order valence-electron chi connectivity index (χ0n) is 5.27. The normalized spacial score (nSPS) is 9.40. The SMILES string of the molecule is C=C(I)c1cccc(F)c1. The second kappa shape index (κ2) is 3.14. The van der Waals surface area contributed by atoms with Crippen molar-refractivity contribution in [2.75, 3.05) is 0 Å². The Morgan fingerprint density at radius 1 is 1.50 bits per heavy atom. The van der Waals surface area contributed by atoms with Gasteiger partial charge in [0.2, 0.25) is 0 Å². The fourth-order valence-corrected chi connectivity index (χ4v) is 0.993. The Balaban J connectivity index is 3.07. The van der Waals surface area contributed by atoms with Gasteiger partial charge in [-0.15, -0.1) is 0 Å². The van der Waals surface area contributed by atoms with Crippen LogP contribution in [0.3, 0.4) is 0 Å². The standard InChI is InChI=1S/C8H6FI/c1-6(10)7-3-2-4-8(9)5-7/h2-5H,1H2. The van der Waals surface area contributed by atoms with E-state index in [9.17, 15) is 4.39 Å². The molecular weight excluding hydrogens is 242 g/mol. The van der Waals surface area contributed by atoms with E-state index in [0.717, 1.165) is 9.14 Å². The van der Waals surface area contributed by atoms with Crippen LogP contribution in [0, 0.1) is 5.82 Å². The smallest absolute Gasteiger partial charge is 0.123 e. The van der Waals surface area contributed by atoms with Gasteiger partial charge >= 0.3 is 0 Å². The lowest BCUT2D eigenvalue weighted by Crippen LogP contribution is -1.76. The molecule has 52 valence electrons. The van der Waals surface area contributed by atoms with Crippen molar-refractivity contribution in [2.45, 2.75) is 0 Å². The summed E-state index contributed by atoms with van der Waals surface area (Å²) in [6, 6.07) is 6.39. The number of hydrogen-bond acceptors (Lipinski definition) is 0. The van der Waals surface area contributed by atoms with Gasteiger partial charge in [0, 0.05) is 3.58 Å². The molecule has 0 amide bonds. The molecule has 0 radical (unpaired) electrons. The van der Waals surface area contributed by atoms with Crippen molar-refractivity contribution in [1.82, 2.24) is 0 Å². The second-order valence-corrected chi connectivity index (χ2v) is 3.22. The Morgan fingerprint density at radius 3 is 2.60 bits per heavy atom. The lowest BCUT2D eigenvalue weighted by atomic mass is 10.2. The minimum absolute atomic E-state index is 0.213. The van der Waals surface area contributed by atoms with Gasteiger partial charge in [-0.2, -0.15) is 0 Å². The summed E-state index contributed by atoms with van der Waals surface area (Å²) in [6.45, 7) is 3.69. The maximum Gasteiger partial charge on any atom is 0.123 e. The third-order valence-corrected chi connectivity index (χ3v) is 1.76. The molecule has 1 aromatic carbocycles. The minimum atomic E-state index is -0.213. The van der Waals surface area contributed by atoms with Gasteiger partial charge in [-0.1, -0.05) is 18.7 Å². The summed E-state index contributed by atoms with van der Waals surface area (Å²) in [5.74, 6) is -0.213. The van der Waals surface area contributed by atoms with Gasteiger partial charge in [-0.3, -0.25) is 0 Å². The average Bonchev–Trinajstić information content (AvgIpc) is 1.88. The molecule has 0 aliphatic rings. The molecule has 0 aliphatic heterocycles. The van der Waals surface area contributed by atoms with Crippen molar-refractivity contribution < 1.29 is 4.39 Å². The molecule has 1 rings (SSSR count). The van der Waals surface area contributed by atoms with Crippen LogP contribution in [0.5, 0.6) is 0 Å². The molecule has 2 heteroatoms. The van der Waals surface area contributed by atoms with E-state index in [1.807, 2.05) is 6.07 Å². The van der Waals surface area contributed by atoms with E-state index < -0.39 is 0 Å². The second-order valence-electron chi connectivity index (χ2n) is 1.92. The van der Waals surface area contributed by atoms with E-state index in [-0.39, 0.29) is 5.82 Å². The molecule has 0 saturated heterocycles. The molecule has 0 spiro atoms. The highest BCUT2D eigenvalue weighted by atomic mass is 127. The lowest BCUT2D eigenvalue weighted by molar-refractivity contribution is 0.627. The van der Waals surface area contributed by atoms with E-state index in [1.54, 1.807) is 6.07 Å². The Labute approximate surface area is 72.9 Å². The van der Waals surface area contributed by atoms with Crippen LogP contribution in [-0.4, -0.2) is 0 Å². The van der Waals surface area contributed by atoms with E-state index in [2.05, 4.69) is 29.2 Å². The van der Waals surface area contributed by atoms with Crippen LogP contribution in [0.2, 0.25) is 0 Å². The summed E-state index contributed by atoms with van der Waals surface area (Å²) in [6.07, 6.45) is 0. The molecule has 10 heavy (non-hydrogen) atoms. The van der Waals surface area contributed by atoms with Gasteiger partial charge in [0.1, 0.15) is 5.82 Å². The number of halogens is 2. The van der Waals surface area contributed by atoms with Crippen LogP contribution in [0.4, 0.5) is 4.39 Å². The average molecular weight is 248 g/mol. The summed E-state index contributed by atoms with van der Waals surface area (Å²) in [5, 5.41) is 0. The molecular formula is C8H6FI. The third kappa shape index (κ3) is 1.80. The number of hydrogen-bond donors (Lipinski definition) is 0. The Hall–Kier alpha value is -0.380. The van der Waals surface area contributed by atoms with Gasteiger partial charge in [-0.05, 0) is 40.3 Å². The molecule has 1 aromatic rings. The van der Waals surface area contributed by atoms with Crippen LogP contribution in [0.25, 0.3) is 3.58 Å². The fourth-order valence-electron chi connectivity index (χ4n) is 0.657. The third-order valence-electron chi connectivity index (χ3n) is 1.14. The van der Waals surface area contributed by atoms with Gasteiger partial charge in [0.05, 0.1) is 0 Å². The quantitative estimate of drug-likeness (QED) is 0.669. The maximum atomic E-state index is 12.5. The molecule has 0 fully saturated rings. The number of benzene rings is 1. The molecule has 0 heterocycles. The summed E-state index contributed by atoms with van der Waals surface area (Å²) in [5.41, 5.74) is 0.848. The predicted molar refractivity (Wildman–Crippen MR) is 49.5 cm³/mol. The van der Waals surface area contributed by atoms with E-state index in [0.29, 0.717) is 0 Å². The van der Waals surface area contributed by atoms with E-state index in [1.165, 1.54) is 12.1 Å². The summed E-state index contributed by atoms with van der Waals surface area (Å²) >= 11 is 2.06. The van der Waals surface area contributed by atoms with E-state index >= 15 is 0 Å². The molecule has 0 bridgehead atoms. The Morgan fingerprint density at radius 2 is 2.20 bits per heavy atom. The minimum Gasteiger partial charge on any atom is -0.207 e. The van der Waals surface area contributed by atoms with Crippen molar-refractivity contribution in [3.63, 3.8) is 0 Å². The molecule has 0 unspecified atom stereocenters. The van der Waals surface area contributed by atoms with Crippen molar-refractivity contribution in [2.24, 2.45) is 0 Å². The predicted octanol–water partition coefficient (Wildman–Crippen LogP) is 3.23. The molecule has 0 aromatic heterocycles. The first-order valence-corrected chi connectivity index (χ1v) is 3.88. The summed E-state index contributed by atoms with van der Waals surface area (Å²) in [4.78, 5) is 0. The summed E-state index contributed by atoms with van der Waals surface area (Å²) < 4.78 is 13.3. The highest BCUT2D eigenvalue weighted by Gasteiger charge is 1.94. The van der Waals surface area contributed by atoms with Gasteiger partial charge in [0.25, 0.3) is 0 Å². The van der Waals surface area contributed by atoms with Crippen molar-refractivity contribution in [1.29, 1.82) is 0 Å². The van der Waals surface area contributed by atoms with Crippen molar-refractivity contribution in [3.8, 4) is 0 Å². The van der Waals surface area contributed by atoms with E-state index in [4.69, 9.17) is 0 Å². The first-order chi connectivity index (χ1) is 4.70. The first kappa shape index (κ1) is 7.72. The van der Waals surface area contributed by atoms with Gasteiger partial charge in [-0.25, -0.2) is 4.39 Å². The zero-order valence-corrected chi connectivity index (χ0v) is 7.43. The summed E-state index contributed by atoms with van der Waals surface area (Å²) in [7, 11) is 0. The molecule has 0 nitrogen and oxygen atoms in total. The van der Waals surface area contributed by atoms with Crippen LogP contribution < -0.4 is 0 Å². The Kier molecular flexibility index (Phi) is 2.43. The van der Waals surface area contributed by atoms with Crippen LogP contribution in [-0.2, 0) is 0 Å². The van der Waals surface area contributed by atoms with Gasteiger partial charge < -0.3 is 0 Å². The maximum absolute atomic E-state index is 12.5. The highest BCUT2D eigenvalue weighted by molar-refractivity contribution is 14.1. The Bertz CT molecular complexity index is 255. The monoisotopic (exact) mass is 248 g/mol. The first-order valence-electron chi connectivity index (χ1n) is 2.80. The fraction of sp³-hybridized carbons (Fsp3) is 0. The zero-order chi connectivity index (χ0) is 7.56. The molecule has 0 aliphatic carbocycles. The van der Waals surface area contributed by atoms with Crippen LogP contribution >= 0.6 is 22.6 Å². The van der Waals surface area contributed by atoms with Gasteiger partial charge in [0.15, 0.2) is 0 Å². The lowest BCUT2D eigenvalue weighted by Gasteiger charge is -1.95. The molecule has 0 N–H and O–H groups in total. The topological polar surface area (TPSA) is 0 Å². The molecule has 0 atom stereocenters. The van der Waals surface area contributed by atoms with Crippen LogP contribution in [0.15, 0.2) is 30.8 Å². The van der Waals surface area contributed by atoms with Crippen molar-refractivity contribution in [3.05, 3.63) is 42.2 Å².